The van der Waals surface area contributed by atoms with E-state index in [1.807, 2.05) is 0 Å². The quantitative estimate of drug-likeness (QED) is 0.646. The van der Waals surface area contributed by atoms with Gasteiger partial charge in [0.25, 0.3) is 0 Å². The molecule has 1 N–H and O–H groups in total. The lowest BCUT2D eigenvalue weighted by Crippen LogP contribution is -2.25. The van der Waals surface area contributed by atoms with Crippen molar-refractivity contribution < 1.29 is 4.79 Å². The molecule has 0 aromatic carbocycles. The van der Waals surface area contributed by atoms with Crippen molar-refractivity contribution in [2.45, 2.75) is 39.0 Å². The standard InChI is InChI=1S/C9H17NO/c1-9(5-3-4-6-9)7-8(11)10-2/h3-7H2,1-2H3,(H,10,11). The molecule has 0 aromatic rings. The molecule has 2 nitrogen and oxygen atoms in total. The largest absolute Gasteiger partial charge is 0.359 e. The van der Waals surface area contributed by atoms with Crippen molar-refractivity contribution in [3.8, 4) is 0 Å². The van der Waals surface area contributed by atoms with Gasteiger partial charge in [-0.2, -0.15) is 0 Å². The molecular formula is C9H17NO. The fraction of sp³-hybridized carbons (Fsp3) is 0.889. The summed E-state index contributed by atoms with van der Waals surface area (Å²) in [5, 5.41) is 2.68. The van der Waals surface area contributed by atoms with Crippen molar-refractivity contribution in [1.29, 1.82) is 0 Å². The highest BCUT2D eigenvalue weighted by Crippen LogP contribution is 2.40. The van der Waals surface area contributed by atoms with Crippen LogP contribution < -0.4 is 5.32 Å². The summed E-state index contributed by atoms with van der Waals surface area (Å²) < 4.78 is 0. The lowest BCUT2D eigenvalue weighted by Gasteiger charge is -2.21. The van der Waals surface area contributed by atoms with Gasteiger partial charge in [-0.3, -0.25) is 4.79 Å². The molecule has 1 aliphatic rings. The van der Waals surface area contributed by atoms with Crippen LogP contribution in [0.2, 0.25) is 0 Å². The Labute approximate surface area is 68.4 Å². The first-order valence-corrected chi connectivity index (χ1v) is 4.37. The van der Waals surface area contributed by atoms with E-state index in [0.717, 1.165) is 0 Å². The second kappa shape index (κ2) is 3.24. The Morgan fingerprint density at radius 1 is 1.45 bits per heavy atom. The van der Waals surface area contributed by atoms with Crippen molar-refractivity contribution >= 4 is 5.91 Å². The molecule has 1 aliphatic carbocycles. The molecule has 0 atom stereocenters. The van der Waals surface area contributed by atoms with E-state index in [1.165, 1.54) is 25.7 Å². The molecule has 1 saturated carbocycles. The molecule has 1 rings (SSSR count). The number of nitrogens with one attached hydrogen (secondary N) is 1. The normalized spacial score (nSPS) is 21.6. The molecule has 0 saturated heterocycles. The van der Waals surface area contributed by atoms with Gasteiger partial charge in [0.05, 0.1) is 0 Å². The van der Waals surface area contributed by atoms with Crippen molar-refractivity contribution in [1.82, 2.24) is 5.32 Å². The number of hydrogen-bond donors (Lipinski definition) is 1. The van der Waals surface area contributed by atoms with Gasteiger partial charge in [-0.05, 0) is 18.3 Å². The molecule has 0 heterocycles. The van der Waals surface area contributed by atoms with E-state index in [4.69, 9.17) is 0 Å². The van der Waals surface area contributed by atoms with Crippen LogP contribution in [0.5, 0.6) is 0 Å². The number of carbonyl (C=O) groups is 1. The minimum absolute atomic E-state index is 0.189. The van der Waals surface area contributed by atoms with E-state index in [0.29, 0.717) is 11.8 Å². The van der Waals surface area contributed by atoms with E-state index in [2.05, 4.69) is 12.2 Å². The van der Waals surface area contributed by atoms with Crippen molar-refractivity contribution in [3.63, 3.8) is 0 Å². The second-order valence-corrected chi connectivity index (χ2v) is 3.87. The van der Waals surface area contributed by atoms with Gasteiger partial charge >= 0.3 is 0 Å². The molecule has 0 aromatic heterocycles. The Kier molecular flexibility index (Phi) is 2.53. The summed E-state index contributed by atoms with van der Waals surface area (Å²) in [4.78, 5) is 11.1. The van der Waals surface area contributed by atoms with Crippen molar-refractivity contribution in [2.75, 3.05) is 7.05 Å². The van der Waals surface area contributed by atoms with Gasteiger partial charge in [0.15, 0.2) is 0 Å². The maximum atomic E-state index is 11.1. The zero-order valence-electron chi connectivity index (χ0n) is 7.44. The highest BCUT2D eigenvalue weighted by molar-refractivity contribution is 5.76. The summed E-state index contributed by atoms with van der Waals surface area (Å²) >= 11 is 0. The predicted molar refractivity (Wildman–Crippen MR) is 45.3 cm³/mol. The van der Waals surface area contributed by atoms with E-state index in [9.17, 15) is 4.79 Å². The third kappa shape index (κ3) is 2.21. The third-order valence-electron chi connectivity index (χ3n) is 2.68. The van der Waals surface area contributed by atoms with E-state index in [1.54, 1.807) is 7.05 Å². The monoisotopic (exact) mass is 155 g/mol. The Morgan fingerprint density at radius 3 is 2.45 bits per heavy atom. The third-order valence-corrected chi connectivity index (χ3v) is 2.68. The smallest absolute Gasteiger partial charge is 0.220 e. The van der Waals surface area contributed by atoms with Gasteiger partial charge in [-0.15, -0.1) is 0 Å². The SMILES string of the molecule is CNC(=O)CC1(C)CCCC1. The zero-order valence-corrected chi connectivity index (χ0v) is 7.44. The lowest BCUT2D eigenvalue weighted by atomic mass is 9.85. The Balaban J connectivity index is 2.39. The van der Waals surface area contributed by atoms with E-state index in [-0.39, 0.29) is 5.91 Å². The van der Waals surface area contributed by atoms with Crippen LogP contribution in [0.1, 0.15) is 39.0 Å². The topological polar surface area (TPSA) is 29.1 Å². The molecule has 0 aliphatic heterocycles. The van der Waals surface area contributed by atoms with Crippen LogP contribution in [0, 0.1) is 5.41 Å². The first-order valence-electron chi connectivity index (χ1n) is 4.37. The van der Waals surface area contributed by atoms with Gasteiger partial charge in [0.2, 0.25) is 5.91 Å². The van der Waals surface area contributed by atoms with Crippen LogP contribution in [-0.2, 0) is 4.79 Å². The molecule has 1 fully saturated rings. The fourth-order valence-corrected chi connectivity index (χ4v) is 1.88. The summed E-state index contributed by atoms with van der Waals surface area (Å²) in [6.45, 7) is 2.22. The number of carbonyl (C=O) groups excluding carboxylic acids is 1. The Hall–Kier alpha value is -0.530. The Bertz CT molecular complexity index is 148. The van der Waals surface area contributed by atoms with Crippen LogP contribution in [-0.4, -0.2) is 13.0 Å². The predicted octanol–water partition coefficient (Wildman–Crippen LogP) is 1.70. The summed E-state index contributed by atoms with van der Waals surface area (Å²) in [6.07, 6.45) is 5.76. The van der Waals surface area contributed by atoms with Crippen LogP contribution in [0.25, 0.3) is 0 Å². The van der Waals surface area contributed by atoms with Crippen molar-refractivity contribution in [2.24, 2.45) is 5.41 Å². The minimum atomic E-state index is 0.189. The number of hydrogen-bond acceptors (Lipinski definition) is 1. The molecule has 0 radical (unpaired) electrons. The molecule has 0 unspecified atom stereocenters. The second-order valence-electron chi connectivity index (χ2n) is 3.87. The number of amides is 1. The molecule has 2 heteroatoms. The van der Waals surface area contributed by atoms with Crippen LogP contribution >= 0.6 is 0 Å². The van der Waals surface area contributed by atoms with Crippen LogP contribution in [0.15, 0.2) is 0 Å². The molecule has 0 spiro atoms. The highest BCUT2D eigenvalue weighted by Gasteiger charge is 2.30. The van der Waals surface area contributed by atoms with Crippen LogP contribution in [0.3, 0.4) is 0 Å². The van der Waals surface area contributed by atoms with Crippen molar-refractivity contribution in [3.05, 3.63) is 0 Å². The maximum Gasteiger partial charge on any atom is 0.220 e. The van der Waals surface area contributed by atoms with Gasteiger partial charge < -0.3 is 5.32 Å². The molecule has 64 valence electrons. The summed E-state index contributed by atoms with van der Waals surface area (Å²) in [7, 11) is 1.71. The zero-order chi connectivity index (χ0) is 8.32. The average molecular weight is 155 g/mol. The first kappa shape index (κ1) is 8.57. The summed E-state index contributed by atoms with van der Waals surface area (Å²) in [6, 6.07) is 0. The van der Waals surface area contributed by atoms with E-state index >= 15 is 0 Å². The van der Waals surface area contributed by atoms with Gasteiger partial charge in [0, 0.05) is 13.5 Å². The minimum Gasteiger partial charge on any atom is -0.359 e. The maximum absolute atomic E-state index is 11.1. The van der Waals surface area contributed by atoms with E-state index < -0.39 is 0 Å². The molecule has 0 bridgehead atoms. The van der Waals surface area contributed by atoms with Gasteiger partial charge in [0.1, 0.15) is 0 Å². The first-order chi connectivity index (χ1) is 5.16. The Morgan fingerprint density at radius 2 is 2.00 bits per heavy atom. The average Bonchev–Trinajstić information content (AvgIpc) is 2.36. The fourth-order valence-electron chi connectivity index (χ4n) is 1.88. The summed E-state index contributed by atoms with van der Waals surface area (Å²) in [5.41, 5.74) is 0.306. The highest BCUT2D eigenvalue weighted by atomic mass is 16.1. The van der Waals surface area contributed by atoms with Gasteiger partial charge in [-0.25, -0.2) is 0 Å². The lowest BCUT2D eigenvalue weighted by molar-refractivity contribution is -0.122. The van der Waals surface area contributed by atoms with Crippen LogP contribution in [0.4, 0.5) is 0 Å². The number of rotatable bonds is 2. The summed E-state index contributed by atoms with van der Waals surface area (Å²) in [5.74, 6) is 0.189. The molecule has 11 heavy (non-hydrogen) atoms. The van der Waals surface area contributed by atoms with Gasteiger partial charge in [-0.1, -0.05) is 19.8 Å². The molecule has 1 amide bonds. The molecular weight excluding hydrogens is 138 g/mol.